The number of halogens is 2. The normalized spacial score (nSPS) is 13.2. The van der Waals surface area contributed by atoms with Crippen LogP contribution in [0.4, 0.5) is 14.5 Å². The highest BCUT2D eigenvalue weighted by Gasteiger charge is 2.24. The molecule has 3 aromatic rings. The van der Waals surface area contributed by atoms with Crippen LogP contribution in [0.5, 0.6) is 0 Å². The van der Waals surface area contributed by atoms with Crippen LogP contribution in [0.1, 0.15) is 90.2 Å². The molecule has 2 N–H and O–H groups in total. The Hall–Kier alpha value is -3.73. The van der Waals surface area contributed by atoms with Crippen LogP contribution in [0.15, 0.2) is 67.3 Å². The lowest BCUT2D eigenvalue weighted by molar-refractivity contribution is 0.0919. The Bertz CT molecular complexity index is 1440. The molecule has 0 aliphatic heterocycles. The van der Waals surface area contributed by atoms with E-state index in [1.807, 2.05) is 20.8 Å². The first-order valence-corrected chi connectivity index (χ1v) is 13.4. The molecule has 204 valence electrons. The molecule has 4 rings (SSSR count). The van der Waals surface area contributed by atoms with Crippen LogP contribution in [0.25, 0.3) is 5.70 Å². The number of amides is 1. The summed E-state index contributed by atoms with van der Waals surface area (Å²) in [5.41, 5.74) is 6.80. The van der Waals surface area contributed by atoms with Gasteiger partial charge < -0.3 is 10.6 Å². The van der Waals surface area contributed by atoms with Crippen LogP contribution < -0.4 is 10.6 Å². The number of hydrogen-bond acceptors (Lipinski definition) is 2. The van der Waals surface area contributed by atoms with Gasteiger partial charge in [0.15, 0.2) is 0 Å². The molecule has 0 radical (unpaired) electrons. The zero-order valence-electron chi connectivity index (χ0n) is 23.6. The monoisotopic (exact) mass is 528 g/mol. The number of hydrogen-bond donors (Lipinski definition) is 2. The summed E-state index contributed by atoms with van der Waals surface area (Å²) >= 11 is 0. The number of carbonyl (C=O) groups is 1. The quantitative estimate of drug-likeness (QED) is 0.274. The summed E-state index contributed by atoms with van der Waals surface area (Å²) in [5.74, 6) is -0.492. The van der Waals surface area contributed by atoms with E-state index in [0.29, 0.717) is 22.9 Å². The Kier molecular flexibility index (Phi) is 8.10. The topological polar surface area (TPSA) is 41.1 Å². The second kappa shape index (κ2) is 11.2. The van der Waals surface area contributed by atoms with E-state index in [0.717, 1.165) is 22.3 Å². The van der Waals surface area contributed by atoms with E-state index in [9.17, 15) is 9.18 Å². The van der Waals surface area contributed by atoms with Crippen molar-refractivity contribution in [3.05, 3.63) is 118 Å². The van der Waals surface area contributed by atoms with Crippen molar-refractivity contribution in [3.63, 3.8) is 0 Å². The van der Waals surface area contributed by atoms with Crippen LogP contribution in [0, 0.1) is 18.6 Å². The first kappa shape index (κ1) is 28.3. The number of nitrogens with one attached hydrogen (secondary N) is 2. The van der Waals surface area contributed by atoms with Gasteiger partial charge in [-0.25, -0.2) is 8.78 Å². The van der Waals surface area contributed by atoms with Gasteiger partial charge in [0.05, 0.1) is 0 Å². The standard InChI is InChI=1S/C34H38F2N2O/c1-20(2)14-27-17-31(36)28(18-30(27)35)16-25-10-11-26(33(39)38-34(5,6)7)19-32(25)37-22(4)29-13-12-24(15-21(29)3)23-8-9-23/h10-13,15,17-19,23,37H,1,4,8-9,14,16H2,2-3,5-7H3,(H,38,39). The molecule has 1 aliphatic carbocycles. The molecule has 0 atom stereocenters. The highest BCUT2D eigenvalue weighted by molar-refractivity contribution is 5.96. The summed E-state index contributed by atoms with van der Waals surface area (Å²) in [6.45, 7) is 17.7. The van der Waals surface area contributed by atoms with Crippen LogP contribution >= 0.6 is 0 Å². The maximum atomic E-state index is 15.1. The van der Waals surface area contributed by atoms with Crippen LogP contribution in [-0.4, -0.2) is 11.4 Å². The summed E-state index contributed by atoms with van der Waals surface area (Å²) in [7, 11) is 0. The van der Waals surface area contributed by atoms with Crippen molar-refractivity contribution in [2.24, 2.45) is 0 Å². The summed E-state index contributed by atoms with van der Waals surface area (Å²) in [6.07, 6.45) is 2.89. The van der Waals surface area contributed by atoms with Gasteiger partial charge in [-0.3, -0.25) is 4.79 Å². The molecule has 0 bridgehead atoms. The Morgan fingerprint density at radius 3 is 2.23 bits per heavy atom. The SMILES string of the molecule is C=C(C)Cc1cc(F)c(Cc2ccc(C(=O)NC(C)(C)C)cc2NC(=C)c2ccc(C3CC3)cc2C)cc1F. The molecule has 0 aromatic heterocycles. The highest BCUT2D eigenvalue weighted by atomic mass is 19.1. The number of carbonyl (C=O) groups excluding carboxylic acids is 1. The van der Waals surface area contributed by atoms with Gasteiger partial charge in [-0.15, -0.1) is 0 Å². The first-order valence-electron chi connectivity index (χ1n) is 13.4. The molecule has 0 unspecified atom stereocenters. The summed E-state index contributed by atoms with van der Waals surface area (Å²) in [6, 6.07) is 14.2. The molecular formula is C34H38F2N2O. The molecule has 1 fully saturated rings. The molecule has 5 heteroatoms. The number of aryl methyl sites for hydroxylation is 1. The highest BCUT2D eigenvalue weighted by Crippen LogP contribution is 2.41. The fourth-order valence-electron chi connectivity index (χ4n) is 4.76. The van der Waals surface area contributed by atoms with Gasteiger partial charge >= 0.3 is 0 Å². The van der Waals surface area contributed by atoms with Crippen LogP contribution in [0.3, 0.4) is 0 Å². The average Bonchev–Trinajstić information content (AvgIpc) is 3.67. The van der Waals surface area contributed by atoms with Gasteiger partial charge in [0.2, 0.25) is 0 Å². The fraction of sp³-hybridized carbons (Fsp3) is 0.324. The molecule has 0 saturated heterocycles. The van der Waals surface area contributed by atoms with E-state index in [2.05, 4.69) is 48.9 Å². The molecule has 39 heavy (non-hydrogen) atoms. The van der Waals surface area contributed by atoms with Gasteiger partial charge in [0.25, 0.3) is 5.91 Å². The fourth-order valence-corrected chi connectivity index (χ4v) is 4.76. The van der Waals surface area contributed by atoms with Gasteiger partial charge in [-0.2, -0.15) is 0 Å². The average molecular weight is 529 g/mol. The van der Waals surface area contributed by atoms with Crippen molar-refractivity contribution < 1.29 is 13.6 Å². The maximum Gasteiger partial charge on any atom is 0.251 e. The minimum atomic E-state index is -0.474. The molecule has 3 aromatic carbocycles. The van der Waals surface area contributed by atoms with Crippen molar-refractivity contribution in [2.75, 3.05) is 5.32 Å². The smallest absolute Gasteiger partial charge is 0.251 e. The maximum absolute atomic E-state index is 15.1. The minimum Gasteiger partial charge on any atom is -0.355 e. The predicted octanol–water partition coefficient (Wildman–Crippen LogP) is 8.47. The van der Waals surface area contributed by atoms with Gasteiger partial charge in [-0.05, 0) is 112 Å². The molecular weight excluding hydrogens is 490 g/mol. The molecule has 1 amide bonds. The Labute approximate surface area is 231 Å². The van der Waals surface area contributed by atoms with Crippen molar-refractivity contribution >= 4 is 17.3 Å². The van der Waals surface area contributed by atoms with E-state index < -0.39 is 17.2 Å². The third-order valence-electron chi connectivity index (χ3n) is 6.86. The predicted molar refractivity (Wildman–Crippen MR) is 157 cm³/mol. The summed E-state index contributed by atoms with van der Waals surface area (Å²) in [5, 5.41) is 6.36. The van der Waals surface area contributed by atoms with E-state index in [-0.39, 0.29) is 29.9 Å². The van der Waals surface area contributed by atoms with E-state index in [1.54, 1.807) is 25.1 Å². The molecule has 1 saturated carbocycles. The third-order valence-corrected chi connectivity index (χ3v) is 6.86. The Morgan fingerprint density at radius 2 is 1.62 bits per heavy atom. The first-order chi connectivity index (χ1) is 18.3. The van der Waals surface area contributed by atoms with E-state index >= 15 is 4.39 Å². The second-order valence-electron chi connectivity index (χ2n) is 11.9. The van der Waals surface area contributed by atoms with Gasteiger partial charge in [-0.1, -0.05) is 43.0 Å². The number of anilines is 1. The Balaban J connectivity index is 1.67. The van der Waals surface area contributed by atoms with Crippen molar-refractivity contribution in [1.29, 1.82) is 0 Å². The number of rotatable bonds is 9. The number of allylic oxidation sites excluding steroid dienone is 1. The Morgan fingerprint density at radius 1 is 0.949 bits per heavy atom. The van der Waals surface area contributed by atoms with Crippen molar-refractivity contribution in [1.82, 2.24) is 5.32 Å². The molecule has 0 heterocycles. The third kappa shape index (κ3) is 7.23. The van der Waals surface area contributed by atoms with Crippen LogP contribution in [0.2, 0.25) is 0 Å². The largest absolute Gasteiger partial charge is 0.355 e. The van der Waals surface area contributed by atoms with Gasteiger partial charge in [0.1, 0.15) is 11.6 Å². The van der Waals surface area contributed by atoms with Crippen molar-refractivity contribution in [2.45, 2.75) is 71.8 Å². The minimum absolute atomic E-state index is 0.145. The lowest BCUT2D eigenvalue weighted by atomic mass is 9.96. The lowest BCUT2D eigenvalue weighted by Crippen LogP contribution is -2.40. The van der Waals surface area contributed by atoms with Gasteiger partial charge in [0, 0.05) is 34.5 Å². The lowest BCUT2D eigenvalue weighted by Gasteiger charge is -2.22. The second-order valence-corrected chi connectivity index (χ2v) is 11.9. The van der Waals surface area contributed by atoms with E-state index in [4.69, 9.17) is 0 Å². The van der Waals surface area contributed by atoms with Crippen molar-refractivity contribution in [3.8, 4) is 0 Å². The zero-order chi connectivity index (χ0) is 28.5. The number of benzene rings is 3. The zero-order valence-corrected chi connectivity index (χ0v) is 23.6. The molecule has 0 spiro atoms. The van der Waals surface area contributed by atoms with E-state index in [1.165, 1.54) is 30.5 Å². The summed E-state index contributed by atoms with van der Waals surface area (Å²) in [4.78, 5) is 12.9. The molecule has 3 nitrogen and oxygen atoms in total. The summed E-state index contributed by atoms with van der Waals surface area (Å²) < 4.78 is 29.9. The molecule has 1 aliphatic rings. The van der Waals surface area contributed by atoms with Crippen LogP contribution in [-0.2, 0) is 12.8 Å².